The number of amides is 1. The molecule has 0 aliphatic heterocycles. The summed E-state index contributed by atoms with van der Waals surface area (Å²) < 4.78 is 11.1. The number of nitrogens with zero attached hydrogens (tertiary/aromatic N) is 1. The van der Waals surface area contributed by atoms with Gasteiger partial charge in [-0.2, -0.15) is 0 Å². The summed E-state index contributed by atoms with van der Waals surface area (Å²) in [6.45, 7) is 9.66. The summed E-state index contributed by atoms with van der Waals surface area (Å²) in [4.78, 5) is 19.0. The molecule has 2 N–H and O–H groups in total. The van der Waals surface area contributed by atoms with Crippen LogP contribution in [0.25, 0.3) is 10.9 Å². The van der Waals surface area contributed by atoms with Gasteiger partial charge in [0, 0.05) is 47.1 Å². The molecule has 0 saturated heterocycles. The Hall–Kier alpha value is -2.99. The zero-order valence-corrected chi connectivity index (χ0v) is 21.2. The second kappa shape index (κ2) is 12.5. The summed E-state index contributed by atoms with van der Waals surface area (Å²) in [6.07, 6.45) is 4.39. The molecule has 2 aromatic carbocycles. The van der Waals surface area contributed by atoms with Crippen LogP contribution in [0.1, 0.15) is 57.1 Å². The van der Waals surface area contributed by atoms with Crippen LogP contribution < -0.4 is 14.8 Å². The zero-order chi connectivity index (χ0) is 24.5. The van der Waals surface area contributed by atoms with Gasteiger partial charge < -0.3 is 24.7 Å². The van der Waals surface area contributed by atoms with Crippen LogP contribution in [0.15, 0.2) is 48.7 Å². The predicted octanol–water partition coefficient (Wildman–Crippen LogP) is 5.33. The number of fused-ring (bicyclic) bond motifs is 1. The lowest BCUT2D eigenvalue weighted by Gasteiger charge is -2.22. The van der Waals surface area contributed by atoms with Crippen molar-refractivity contribution in [1.29, 1.82) is 0 Å². The maximum atomic E-state index is 13.2. The fraction of sp³-hybridized carbons (Fsp3) is 0.464. The van der Waals surface area contributed by atoms with Crippen LogP contribution in [0.4, 0.5) is 0 Å². The lowest BCUT2D eigenvalue weighted by atomic mass is 9.87. The minimum Gasteiger partial charge on any atom is -0.497 e. The number of aromatic nitrogens is 1. The van der Waals surface area contributed by atoms with E-state index >= 15 is 0 Å². The first-order chi connectivity index (χ1) is 16.5. The van der Waals surface area contributed by atoms with Gasteiger partial charge in [-0.1, -0.05) is 38.1 Å². The SMILES string of the molecule is CCN(CC)CCC[C@@H](C)NC(=O)C[C@@H](c1ccc(OC)cc1OC)c1c[nH]c2ccccc12. The van der Waals surface area contributed by atoms with Crippen molar-refractivity contribution in [2.24, 2.45) is 0 Å². The Morgan fingerprint density at radius 1 is 1.06 bits per heavy atom. The summed E-state index contributed by atoms with van der Waals surface area (Å²) >= 11 is 0. The van der Waals surface area contributed by atoms with Crippen molar-refractivity contribution < 1.29 is 14.3 Å². The van der Waals surface area contributed by atoms with Crippen molar-refractivity contribution in [3.8, 4) is 11.5 Å². The molecule has 0 unspecified atom stereocenters. The number of hydrogen-bond donors (Lipinski definition) is 2. The molecule has 0 bridgehead atoms. The molecule has 0 radical (unpaired) electrons. The largest absolute Gasteiger partial charge is 0.497 e. The number of hydrogen-bond acceptors (Lipinski definition) is 4. The summed E-state index contributed by atoms with van der Waals surface area (Å²) in [5.74, 6) is 1.34. The van der Waals surface area contributed by atoms with Crippen LogP contribution in [-0.4, -0.2) is 55.7 Å². The van der Waals surface area contributed by atoms with Crippen molar-refractivity contribution in [3.05, 3.63) is 59.8 Å². The predicted molar refractivity (Wildman–Crippen MR) is 139 cm³/mol. The van der Waals surface area contributed by atoms with Crippen LogP contribution in [0, 0.1) is 0 Å². The van der Waals surface area contributed by atoms with Gasteiger partial charge >= 0.3 is 0 Å². The highest BCUT2D eigenvalue weighted by atomic mass is 16.5. The molecule has 0 fully saturated rings. The Balaban J connectivity index is 1.81. The third kappa shape index (κ3) is 6.32. The molecule has 1 amide bonds. The average Bonchev–Trinajstić information content (AvgIpc) is 3.29. The third-order valence-corrected chi connectivity index (χ3v) is 6.62. The smallest absolute Gasteiger partial charge is 0.221 e. The molecule has 1 aromatic heterocycles. The molecular weight excluding hydrogens is 426 g/mol. The first kappa shape index (κ1) is 25.6. The highest BCUT2D eigenvalue weighted by molar-refractivity contribution is 5.86. The number of nitrogens with one attached hydrogen (secondary N) is 2. The topological polar surface area (TPSA) is 66.6 Å². The van der Waals surface area contributed by atoms with E-state index < -0.39 is 0 Å². The van der Waals surface area contributed by atoms with E-state index in [9.17, 15) is 4.79 Å². The van der Waals surface area contributed by atoms with E-state index in [4.69, 9.17) is 9.47 Å². The molecule has 3 rings (SSSR count). The van der Waals surface area contributed by atoms with Crippen molar-refractivity contribution in [1.82, 2.24) is 15.2 Å². The fourth-order valence-corrected chi connectivity index (χ4v) is 4.63. The number of carbonyl (C=O) groups is 1. The molecule has 0 saturated carbocycles. The summed E-state index contributed by atoms with van der Waals surface area (Å²) in [7, 11) is 3.29. The molecule has 1 heterocycles. The highest BCUT2D eigenvalue weighted by Crippen LogP contribution is 2.39. The first-order valence-corrected chi connectivity index (χ1v) is 12.3. The highest BCUT2D eigenvalue weighted by Gasteiger charge is 2.25. The monoisotopic (exact) mass is 465 g/mol. The standard InChI is InChI=1S/C28H39N3O3/c1-6-31(7-2)16-10-11-20(3)30-28(32)18-24(23-15-14-21(33-4)17-27(23)34-5)25-19-29-26-13-9-8-12-22(25)26/h8-9,12-15,17,19-20,24,29H,6-7,10-11,16,18H2,1-5H3,(H,30,32)/t20-,24+/m1/s1. The van der Waals surface area contributed by atoms with Crippen molar-refractivity contribution in [2.45, 2.75) is 52.0 Å². The molecule has 0 aliphatic carbocycles. The van der Waals surface area contributed by atoms with E-state index in [0.717, 1.165) is 66.0 Å². The second-order valence-corrected chi connectivity index (χ2v) is 8.79. The Morgan fingerprint density at radius 3 is 2.53 bits per heavy atom. The van der Waals surface area contributed by atoms with Crippen LogP contribution in [0.5, 0.6) is 11.5 Å². The van der Waals surface area contributed by atoms with Crippen molar-refractivity contribution >= 4 is 16.8 Å². The number of rotatable bonds is 13. The van der Waals surface area contributed by atoms with E-state index in [1.54, 1.807) is 14.2 Å². The summed E-state index contributed by atoms with van der Waals surface area (Å²) in [5, 5.41) is 4.34. The van der Waals surface area contributed by atoms with E-state index in [1.165, 1.54) is 0 Å². The Bertz CT molecular complexity index is 1060. The Morgan fingerprint density at radius 2 is 1.82 bits per heavy atom. The number of methoxy groups -OCH3 is 2. The number of benzene rings is 2. The zero-order valence-electron chi connectivity index (χ0n) is 21.2. The van der Waals surface area contributed by atoms with Crippen LogP contribution in [0.3, 0.4) is 0 Å². The van der Waals surface area contributed by atoms with Gasteiger partial charge in [-0.25, -0.2) is 0 Å². The first-order valence-electron chi connectivity index (χ1n) is 12.3. The number of H-pyrrole nitrogens is 1. The normalized spacial score (nSPS) is 13.1. The number of carbonyl (C=O) groups excluding carboxylic acids is 1. The maximum Gasteiger partial charge on any atom is 0.221 e. The molecular formula is C28H39N3O3. The number of aromatic amines is 1. The van der Waals surface area contributed by atoms with Crippen molar-refractivity contribution in [3.63, 3.8) is 0 Å². The van der Waals surface area contributed by atoms with Gasteiger partial charge in [0.1, 0.15) is 11.5 Å². The van der Waals surface area contributed by atoms with E-state index in [1.807, 2.05) is 36.5 Å². The Kier molecular flexibility index (Phi) is 9.40. The number of ether oxygens (including phenoxy) is 2. The fourth-order valence-electron chi connectivity index (χ4n) is 4.63. The minimum atomic E-state index is -0.153. The minimum absolute atomic E-state index is 0.0449. The summed E-state index contributed by atoms with van der Waals surface area (Å²) in [5.41, 5.74) is 3.11. The average molecular weight is 466 g/mol. The second-order valence-electron chi connectivity index (χ2n) is 8.79. The molecule has 184 valence electrons. The van der Waals surface area contributed by atoms with E-state index in [2.05, 4.69) is 48.1 Å². The van der Waals surface area contributed by atoms with Gasteiger partial charge in [0.05, 0.1) is 14.2 Å². The van der Waals surface area contributed by atoms with E-state index in [0.29, 0.717) is 6.42 Å². The molecule has 6 heteroatoms. The maximum absolute atomic E-state index is 13.2. The van der Waals surface area contributed by atoms with Gasteiger partial charge in [-0.15, -0.1) is 0 Å². The third-order valence-electron chi connectivity index (χ3n) is 6.62. The van der Waals surface area contributed by atoms with Crippen LogP contribution in [-0.2, 0) is 4.79 Å². The molecule has 6 nitrogen and oxygen atoms in total. The van der Waals surface area contributed by atoms with Gasteiger partial charge in [-0.3, -0.25) is 4.79 Å². The van der Waals surface area contributed by atoms with Crippen LogP contribution in [0.2, 0.25) is 0 Å². The lowest BCUT2D eigenvalue weighted by Crippen LogP contribution is -2.34. The van der Waals surface area contributed by atoms with Gasteiger partial charge in [0.2, 0.25) is 5.91 Å². The van der Waals surface area contributed by atoms with Crippen molar-refractivity contribution in [2.75, 3.05) is 33.9 Å². The quantitative estimate of drug-likeness (QED) is 0.358. The Labute approximate surface area is 203 Å². The van der Waals surface area contributed by atoms with E-state index in [-0.39, 0.29) is 17.9 Å². The van der Waals surface area contributed by atoms with Gasteiger partial charge in [0.15, 0.2) is 0 Å². The molecule has 3 aromatic rings. The molecule has 0 spiro atoms. The van der Waals surface area contributed by atoms with Crippen LogP contribution >= 0.6 is 0 Å². The molecule has 34 heavy (non-hydrogen) atoms. The molecule has 0 aliphatic rings. The van der Waals surface area contributed by atoms with Gasteiger partial charge in [-0.05, 0) is 57.1 Å². The lowest BCUT2D eigenvalue weighted by molar-refractivity contribution is -0.121. The number of para-hydroxylation sites is 1. The van der Waals surface area contributed by atoms with Gasteiger partial charge in [0.25, 0.3) is 0 Å². The molecule has 2 atom stereocenters. The summed E-state index contributed by atoms with van der Waals surface area (Å²) in [6, 6.07) is 14.1.